The monoisotopic (exact) mass is 384 g/mol. The maximum atomic E-state index is 12.3. The quantitative estimate of drug-likeness (QED) is 0.768. The second-order valence-corrected chi connectivity index (χ2v) is 6.15. The van der Waals surface area contributed by atoms with Crippen LogP contribution in [0, 0.1) is 0 Å². The number of ether oxygens (including phenoxy) is 3. The van der Waals surface area contributed by atoms with Gasteiger partial charge >= 0.3 is 5.97 Å². The molecule has 0 unspecified atom stereocenters. The van der Waals surface area contributed by atoms with E-state index in [4.69, 9.17) is 14.2 Å². The number of carbonyl (C=O) groups excluding carboxylic acids is 3. The highest BCUT2D eigenvalue weighted by molar-refractivity contribution is 5.98. The van der Waals surface area contributed by atoms with E-state index in [0.717, 1.165) is 0 Å². The van der Waals surface area contributed by atoms with Crippen LogP contribution in [0.1, 0.15) is 24.2 Å². The molecule has 1 heterocycles. The minimum absolute atomic E-state index is 0.209. The van der Waals surface area contributed by atoms with Gasteiger partial charge < -0.3 is 24.8 Å². The number of hydrogen-bond acceptors (Lipinski definition) is 6. The van der Waals surface area contributed by atoms with Crippen LogP contribution in [0.4, 0.5) is 11.4 Å². The SMILES string of the molecule is CC(=O)Nc1ccc(C(=O)O[C@@H](C)C(=O)Nc2ccc3c(c2)OCCO3)cc1. The first-order valence-corrected chi connectivity index (χ1v) is 8.71. The molecule has 1 atom stereocenters. The van der Waals surface area contributed by atoms with E-state index in [-0.39, 0.29) is 11.5 Å². The summed E-state index contributed by atoms with van der Waals surface area (Å²) in [6.45, 7) is 3.80. The van der Waals surface area contributed by atoms with Gasteiger partial charge in [-0.25, -0.2) is 4.79 Å². The molecule has 0 fully saturated rings. The first kappa shape index (κ1) is 19.2. The van der Waals surface area contributed by atoms with Gasteiger partial charge in [0.25, 0.3) is 5.91 Å². The Bertz CT molecular complexity index is 894. The third-order valence-corrected chi connectivity index (χ3v) is 3.90. The van der Waals surface area contributed by atoms with Crippen LogP contribution >= 0.6 is 0 Å². The second-order valence-electron chi connectivity index (χ2n) is 6.15. The van der Waals surface area contributed by atoms with Crippen LogP contribution in [-0.4, -0.2) is 37.1 Å². The van der Waals surface area contributed by atoms with Crippen LogP contribution in [0.3, 0.4) is 0 Å². The number of fused-ring (bicyclic) bond motifs is 1. The van der Waals surface area contributed by atoms with Crippen LogP contribution in [0.15, 0.2) is 42.5 Å². The van der Waals surface area contributed by atoms with E-state index in [0.29, 0.717) is 36.1 Å². The maximum Gasteiger partial charge on any atom is 0.338 e. The molecule has 1 aliphatic rings. The second kappa shape index (κ2) is 8.43. The van der Waals surface area contributed by atoms with Gasteiger partial charge in [-0.05, 0) is 43.3 Å². The Balaban J connectivity index is 1.57. The van der Waals surface area contributed by atoms with Gasteiger partial charge in [0.1, 0.15) is 13.2 Å². The molecule has 0 saturated carbocycles. The van der Waals surface area contributed by atoms with Crippen molar-refractivity contribution in [2.45, 2.75) is 20.0 Å². The summed E-state index contributed by atoms with van der Waals surface area (Å²) in [4.78, 5) is 35.5. The molecule has 0 spiro atoms. The van der Waals surface area contributed by atoms with Crippen LogP contribution in [0.2, 0.25) is 0 Å². The lowest BCUT2D eigenvalue weighted by atomic mass is 10.2. The molecule has 0 radical (unpaired) electrons. The zero-order chi connectivity index (χ0) is 20.1. The third kappa shape index (κ3) is 4.79. The first-order valence-electron chi connectivity index (χ1n) is 8.71. The average molecular weight is 384 g/mol. The summed E-state index contributed by atoms with van der Waals surface area (Å²) >= 11 is 0. The molecule has 2 aromatic carbocycles. The Morgan fingerprint density at radius 1 is 0.929 bits per heavy atom. The van der Waals surface area contributed by atoms with Crippen molar-refractivity contribution in [1.82, 2.24) is 0 Å². The smallest absolute Gasteiger partial charge is 0.338 e. The maximum absolute atomic E-state index is 12.3. The average Bonchev–Trinajstić information content (AvgIpc) is 2.67. The van der Waals surface area contributed by atoms with Crippen molar-refractivity contribution in [3.05, 3.63) is 48.0 Å². The molecule has 146 valence electrons. The van der Waals surface area contributed by atoms with Crippen LogP contribution in [0.25, 0.3) is 0 Å². The van der Waals surface area contributed by atoms with Crippen LogP contribution in [0.5, 0.6) is 11.5 Å². The van der Waals surface area contributed by atoms with Gasteiger partial charge in [-0.15, -0.1) is 0 Å². The molecule has 3 rings (SSSR count). The summed E-state index contributed by atoms with van der Waals surface area (Å²) in [6.07, 6.45) is -1.00. The highest BCUT2D eigenvalue weighted by Crippen LogP contribution is 2.32. The number of carbonyl (C=O) groups is 3. The van der Waals surface area contributed by atoms with E-state index in [1.165, 1.54) is 26.0 Å². The van der Waals surface area contributed by atoms with E-state index in [1.807, 2.05) is 0 Å². The number of amides is 2. The number of rotatable bonds is 5. The van der Waals surface area contributed by atoms with Crippen LogP contribution < -0.4 is 20.1 Å². The number of hydrogen-bond donors (Lipinski definition) is 2. The summed E-state index contributed by atoms with van der Waals surface area (Å²) in [5.41, 5.74) is 1.35. The molecule has 2 aromatic rings. The Labute approximate surface area is 161 Å². The molecule has 2 N–H and O–H groups in total. The van der Waals surface area contributed by atoms with E-state index in [9.17, 15) is 14.4 Å². The van der Waals surface area contributed by atoms with Gasteiger partial charge in [0, 0.05) is 24.4 Å². The predicted molar refractivity (Wildman–Crippen MR) is 102 cm³/mol. The summed E-state index contributed by atoms with van der Waals surface area (Å²) in [5.74, 6) is -0.154. The Morgan fingerprint density at radius 2 is 1.57 bits per heavy atom. The minimum atomic E-state index is -1.00. The summed E-state index contributed by atoms with van der Waals surface area (Å²) in [5, 5.41) is 5.28. The lowest BCUT2D eigenvalue weighted by Crippen LogP contribution is -2.30. The van der Waals surface area contributed by atoms with Gasteiger partial charge in [0.05, 0.1) is 5.56 Å². The topological polar surface area (TPSA) is 103 Å². The molecule has 28 heavy (non-hydrogen) atoms. The molecule has 0 bridgehead atoms. The van der Waals surface area contributed by atoms with Gasteiger partial charge in [0.2, 0.25) is 5.91 Å². The molecule has 0 saturated heterocycles. The van der Waals surface area contributed by atoms with E-state index >= 15 is 0 Å². The number of esters is 1. The predicted octanol–water partition coefficient (Wildman–Crippen LogP) is 2.60. The Hall–Kier alpha value is -3.55. The fourth-order valence-corrected chi connectivity index (χ4v) is 2.54. The van der Waals surface area contributed by atoms with E-state index in [2.05, 4.69) is 10.6 Å². The minimum Gasteiger partial charge on any atom is -0.486 e. The lowest BCUT2D eigenvalue weighted by molar-refractivity contribution is -0.123. The van der Waals surface area contributed by atoms with Gasteiger partial charge in [0.15, 0.2) is 17.6 Å². The molecule has 1 aliphatic heterocycles. The summed E-state index contributed by atoms with van der Waals surface area (Å²) in [7, 11) is 0. The number of benzene rings is 2. The Morgan fingerprint density at radius 3 is 2.25 bits per heavy atom. The molecule has 8 heteroatoms. The number of anilines is 2. The van der Waals surface area contributed by atoms with Crippen molar-refractivity contribution >= 4 is 29.2 Å². The zero-order valence-electron chi connectivity index (χ0n) is 15.5. The molecule has 8 nitrogen and oxygen atoms in total. The van der Waals surface area contributed by atoms with Gasteiger partial charge in [-0.3, -0.25) is 9.59 Å². The van der Waals surface area contributed by atoms with E-state index < -0.39 is 18.0 Å². The van der Waals surface area contributed by atoms with Crippen LogP contribution in [-0.2, 0) is 14.3 Å². The van der Waals surface area contributed by atoms with Crippen molar-refractivity contribution in [3.63, 3.8) is 0 Å². The third-order valence-electron chi connectivity index (χ3n) is 3.90. The normalized spacial score (nSPS) is 13.2. The van der Waals surface area contributed by atoms with Crippen molar-refractivity contribution < 1.29 is 28.6 Å². The van der Waals surface area contributed by atoms with Crippen molar-refractivity contribution in [1.29, 1.82) is 0 Å². The van der Waals surface area contributed by atoms with Gasteiger partial charge in [-0.1, -0.05) is 0 Å². The zero-order valence-corrected chi connectivity index (χ0v) is 15.5. The largest absolute Gasteiger partial charge is 0.486 e. The Kier molecular flexibility index (Phi) is 5.78. The van der Waals surface area contributed by atoms with Crippen molar-refractivity contribution in [2.75, 3.05) is 23.8 Å². The molecule has 0 aromatic heterocycles. The standard InChI is InChI=1S/C20H20N2O6/c1-12(28-20(25)14-3-5-15(6-4-14)21-13(2)23)19(24)22-16-7-8-17-18(11-16)27-10-9-26-17/h3-8,11-12H,9-10H2,1-2H3,(H,21,23)(H,22,24)/t12-/m0/s1. The first-order chi connectivity index (χ1) is 13.4. The molecule has 0 aliphatic carbocycles. The molecule has 2 amide bonds. The highest BCUT2D eigenvalue weighted by Gasteiger charge is 2.20. The summed E-state index contributed by atoms with van der Waals surface area (Å²) < 4.78 is 16.1. The fourth-order valence-electron chi connectivity index (χ4n) is 2.54. The van der Waals surface area contributed by atoms with Crippen molar-refractivity contribution in [3.8, 4) is 11.5 Å². The summed E-state index contributed by atoms with van der Waals surface area (Å²) in [6, 6.07) is 11.2. The highest BCUT2D eigenvalue weighted by atomic mass is 16.6. The van der Waals surface area contributed by atoms with E-state index in [1.54, 1.807) is 30.3 Å². The number of nitrogens with one attached hydrogen (secondary N) is 2. The lowest BCUT2D eigenvalue weighted by Gasteiger charge is -2.19. The van der Waals surface area contributed by atoms with Gasteiger partial charge in [-0.2, -0.15) is 0 Å². The fraction of sp³-hybridized carbons (Fsp3) is 0.250. The van der Waals surface area contributed by atoms with Crippen molar-refractivity contribution in [2.24, 2.45) is 0 Å². The molecular weight excluding hydrogens is 364 g/mol. The molecular formula is C20H20N2O6.